The third-order valence-electron chi connectivity index (χ3n) is 2.29. The van der Waals surface area contributed by atoms with Crippen molar-refractivity contribution >= 4 is 12.4 Å². The average Bonchev–Trinajstić information content (AvgIpc) is 2.76. The first kappa shape index (κ1) is 13.7. The van der Waals surface area contributed by atoms with Crippen molar-refractivity contribution in [1.82, 2.24) is 10.3 Å². The summed E-state index contributed by atoms with van der Waals surface area (Å²) in [5.41, 5.74) is 1.01. The Hall–Kier alpha value is -1.32. The highest BCUT2D eigenvalue weighted by atomic mass is 35.5. The summed E-state index contributed by atoms with van der Waals surface area (Å²) in [5.74, 6) is 1.82. The summed E-state index contributed by atoms with van der Waals surface area (Å²) in [6.45, 7) is 4.99. The topological polar surface area (TPSA) is 38.1 Å². The molecule has 0 spiro atoms. The van der Waals surface area contributed by atoms with E-state index in [1.807, 2.05) is 24.3 Å². The van der Waals surface area contributed by atoms with E-state index in [9.17, 15) is 0 Å². The highest BCUT2D eigenvalue weighted by molar-refractivity contribution is 5.85. The van der Waals surface area contributed by atoms with Crippen molar-refractivity contribution in [3.63, 3.8) is 0 Å². The van der Waals surface area contributed by atoms with Gasteiger partial charge in [0, 0.05) is 24.0 Å². The largest absolute Gasteiger partial charge is 0.460 e. The van der Waals surface area contributed by atoms with E-state index in [1.165, 1.54) is 0 Å². The van der Waals surface area contributed by atoms with E-state index in [-0.39, 0.29) is 12.4 Å². The number of halogens is 1. The van der Waals surface area contributed by atoms with Crippen LogP contribution in [0.5, 0.6) is 0 Å². The first-order valence-corrected chi connectivity index (χ1v) is 5.48. The quantitative estimate of drug-likeness (QED) is 0.908. The fourth-order valence-electron chi connectivity index (χ4n) is 1.44. The Kier molecular flexibility index (Phi) is 5.19. The van der Waals surface area contributed by atoms with Crippen molar-refractivity contribution in [2.24, 2.45) is 0 Å². The summed E-state index contributed by atoms with van der Waals surface area (Å²) in [7, 11) is 0. The number of rotatable bonds is 4. The van der Waals surface area contributed by atoms with Crippen LogP contribution in [-0.4, -0.2) is 11.0 Å². The molecule has 0 saturated heterocycles. The van der Waals surface area contributed by atoms with Gasteiger partial charge in [-0.1, -0.05) is 13.8 Å². The molecule has 0 aliphatic carbocycles. The van der Waals surface area contributed by atoms with E-state index in [4.69, 9.17) is 4.42 Å². The van der Waals surface area contributed by atoms with Gasteiger partial charge in [0.2, 0.25) is 0 Å². The van der Waals surface area contributed by atoms with Crippen molar-refractivity contribution in [1.29, 1.82) is 0 Å². The third-order valence-corrected chi connectivity index (χ3v) is 2.29. The monoisotopic (exact) mass is 252 g/mol. The van der Waals surface area contributed by atoms with Crippen LogP contribution in [0.25, 0.3) is 11.3 Å². The molecule has 2 aromatic heterocycles. The predicted molar refractivity (Wildman–Crippen MR) is 71.2 cm³/mol. The number of hydrogen-bond donors (Lipinski definition) is 1. The number of aromatic nitrogens is 1. The molecule has 17 heavy (non-hydrogen) atoms. The predicted octanol–water partition coefficient (Wildman–Crippen LogP) is 3.26. The van der Waals surface area contributed by atoms with Crippen molar-refractivity contribution in [2.45, 2.75) is 26.4 Å². The molecule has 0 unspecified atom stereocenters. The zero-order valence-corrected chi connectivity index (χ0v) is 10.8. The number of nitrogens with one attached hydrogen (secondary N) is 1. The molecule has 0 aliphatic heterocycles. The Bertz CT molecular complexity index is 440. The molecule has 0 saturated carbocycles. The van der Waals surface area contributed by atoms with Gasteiger partial charge in [0.15, 0.2) is 0 Å². The lowest BCUT2D eigenvalue weighted by Crippen LogP contribution is -2.21. The van der Waals surface area contributed by atoms with Gasteiger partial charge in [-0.25, -0.2) is 0 Å². The molecule has 0 amide bonds. The van der Waals surface area contributed by atoms with E-state index < -0.39 is 0 Å². The maximum atomic E-state index is 5.72. The molecule has 0 radical (unpaired) electrons. The number of nitrogens with zero attached hydrogens (tertiary/aromatic N) is 1. The second kappa shape index (κ2) is 6.42. The van der Waals surface area contributed by atoms with Gasteiger partial charge in [0.05, 0.1) is 6.54 Å². The van der Waals surface area contributed by atoms with Gasteiger partial charge < -0.3 is 9.73 Å². The zero-order valence-electron chi connectivity index (χ0n) is 10.0. The van der Waals surface area contributed by atoms with Crippen LogP contribution in [0.1, 0.15) is 19.6 Å². The Morgan fingerprint density at radius 2 is 2.12 bits per heavy atom. The molecule has 0 aromatic carbocycles. The van der Waals surface area contributed by atoms with Crippen LogP contribution in [0.3, 0.4) is 0 Å². The normalized spacial score (nSPS) is 10.3. The van der Waals surface area contributed by atoms with Gasteiger partial charge >= 0.3 is 0 Å². The lowest BCUT2D eigenvalue weighted by atomic mass is 10.2. The summed E-state index contributed by atoms with van der Waals surface area (Å²) < 4.78 is 5.72. The molecule has 0 bridgehead atoms. The Morgan fingerprint density at radius 1 is 1.29 bits per heavy atom. The molecular weight excluding hydrogens is 236 g/mol. The van der Waals surface area contributed by atoms with Crippen LogP contribution >= 0.6 is 12.4 Å². The lowest BCUT2D eigenvalue weighted by Gasteiger charge is -2.04. The summed E-state index contributed by atoms with van der Waals surface area (Å²) in [6.07, 6.45) is 3.56. The molecule has 0 atom stereocenters. The fraction of sp³-hybridized carbons (Fsp3) is 0.308. The van der Waals surface area contributed by atoms with Crippen molar-refractivity contribution in [3.8, 4) is 11.3 Å². The molecule has 1 N–H and O–H groups in total. The number of pyridine rings is 1. The Labute approximate surface area is 108 Å². The highest BCUT2D eigenvalue weighted by Gasteiger charge is 2.04. The molecule has 2 heterocycles. The van der Waals surface area contributed by atoms with Crippen LogP contribution in [-0.2, 0) is 6.54 Å². The summed E-state index contributed by atoms with van der Waals surface area (Å²) in [4.78, 5) is 4.07. The second-order valence-corrected chi connectivity index (χ2v) is 4.04. The van der Waals surface area contributed by atoms with Crippen molar-refractivity contribution in [3.05, 3.63) is 42.4 Å². The minimum Gasteiger partial charge on any atom is -0.460 e. The molecule has 0 fully saturated rings. The van der Waals surface area contributed by atoms with E-state index in [0.29, 0.717) is 6.04 Å². The Morgan fingerprint density at radius 3 is 2.76 bits per heavy atom. The van der Waals surface area contributed by atoms with Crippen molar-refractivity contribution in [2.75, 3.05) is 0 Å². The van der Waals surface area contributed by atoms with Gasteiger partial charge in [-0.05, 0) is 24.3 Å². The standard InChI is InChI=1S/C13H16N2O.ClH/c1-10(2)15-9-12-5-6-13(16-12)11-4-3-7-14-8-11;/h3-8,10,15H,9H2,1-2H3;1H. The van der Waals surface area contributed by atoms with Crippen LogP contribution in [0, 0.1) is 0 Å². The van der Waals surface area contributed by atoms with E-state index in [0.717, 1.165) is 23.6 Å². The van der Waals surface area contributed by atoms with Gasteiger partial charge in [-0.3, -0.25) is 4.98 Å². The van der Waals surface area contributed by atoms with E-state index >= 15 is 0 Å². The number of hydrogen-bond acceptors (Lipinski definition) is 3. The molecule has 3 nitrogen and oxygen atoms in total. The lowest BCUT2D eigenvalue weighted by molar-refractivity contribution is 0.473. The summed E-state index contributed by atoms with van der Waals surface area (Å²) >= 11 is 0. The molecule has 2 aromatic rings. The van der Waals surface area contributed by atoms with Crippen LogP contribution in [0.15, 0.2) is 41.1 Å². The van der Waals surface area contributed by atoms with Crippen LogP contribution in [0.4, 0.5) is 0 Å². The molecule has 4 heteroatoms. The number of furan rings is 1. The van der Waals surface area contributed by atoms with Gasteiger partial charge in [-0.2, -0.15) is 0 Å². The second-order valence-electron chi connectivity index (χ2n) is 4.04. The maximum Gasteiger partial charge on any atom is 0.135 e. The molecule has 92 valence electrons. The molecule has 2 rings (SSSR count). The third kappa shape index (κ3) is 3.88. The van der Waals surface area contributed by atoms with Gasteiger partial charge in [0.25, 0.3) is 0 Å². The van der Waals surface area contributed by atoms with Crippen molar-refractivity contribution < 1.29 is 4.42 Å². The van der Waals surface area contributed by atoms with E-state index in [1.54, 1.807) is 12.4 Å². The summed E-state index contributed by atoms with van der Waals surface area (Å²) in [6, 6.07) is 8.34. The first-order chi connectivity index (χ1) is 7.75. The minimum atomic E-state index is 0. The maximum absolute atomic E-state index is 5.72. The summed E-state index contributed by atoms with van der Waals surface area (Å²) in [5, 5.41) is 3.32. The zero-order chi connectivity index (χ0) is 11.4. The first-order valence-electron chi connectivity index (χ1n) is 5.48. The Balaban J connectivity index is 0.00000144. The van der Waals surface area contributed by atoms with Gasteiger partial charge in [0.1, 0.15) is 11.5 Å². The average molecular weight is 253 g/mol. The van der Waals surface area contributed by atoms with Crippen LogP contribution in [0.2, 0.25) is 0 Å². The van der Waals surface area contributed by atoms with E-state index in [2.05, 4.69) is 24.1 Å². The molecular formula is C13H17ClN2O. The SMILES string of the molecule is CC(C)NCc1ccc(-c2cccnc2)o1.Cl. The van der Waals surface area contributed by atoms with Crippen LogP contribution < -0.4 is 5.32 Å². The van der Waals surface area contributed by atoms with Gasteiger partial charge in [-0.15, -0.1) is 12.4 Å². The minimum absolute atomic E-state index is 0. The highest BCUT2D eigenvalue weighted by Crippen LogP contribution is 2.20. The smallest absolute Gasteiger partial charge is 0.135 e. The fourth-order valence-corrected chi connectivity index (χ4v) is 1.44. The molecule has 0 aliphatic rings.